The van der Waals surface area contributed by atoms with Crippen LogP contribution in [0.3, 0.4) is 0 Å². The Kier molecular flexibility index (Phi) is 8.97. The van der Waals surface area contributed by atoms with Crippen LogP contribution in [-0.2, 0) is 0 Å². The highest BCUT2D eigenvalue weighted by atomic mass is 15.2. The molecule has 0 N–H and O–H groups in total. The van der Waals surface area contributed by atoms with Gasteiger partial charge in [0.15, 0.2) is 0 Å². The Bertz CT molecular complexity index is 2240. The SMILES string of the molecule is C1=CC2C3CCCC(N(c4ccccc4-c4ccccc4)C4CC=C(C5CC=CCC5)CC4)C3C3(C2C=C1)C1CCC=CC1C1C2C=CCC4C5=C(C=CCC5)C(CC13)C42. The summed E-state index contributed by atoms with van der Waals surface area (Å²) < 4.78 is 0. The van der Waals surface area contributed by atoms with Crippen molar-refractivity contribution in [3.05, 3.63) is 150 Å². The summed E-state index contributed by atoms with van der Waals surface area (Å²) in [7, 11) is 0. The smallest absolute Gasteiger partial charge is 0.0451 e. The fraction of sp³-hybridized carbons (Fsp3) is 0.525. The van der Waals surface area contributed by atoms with E-state index in [1.165, 1.54) is 113 Å². The molecule has 0 aromatic heterocycles. The van der Waals surface area contributed by atoms with Gasteiger partial charge < -0.3 is 4.90 Å². The van der Waals surface area contributed by atoms with Crippen molar-refractivity contribution in [2.45, 2.75) is 108 Å². The topological polar surface area (TPSA) is 3.24 Å². The van der Waals surface area contributed by atoms with Crippen molar-refractivity contribution in [2.24, 2.45) is 82.3 Å². The summed E-state index contributed by atoms with van der Waals surface area (Å²) in [6.07, 6.45) is 54.3. The maximum Gasteiger partial charge on any atom is 0.0451 e. The van der Waals surface area contributed by atoms with E-state index in [0.29, 0.717) is 35.3 Å². The van der Waals surface area contributed by atoms with E-state index in [1.54, 1.807) is 5.57 Å². The highest BCUT2D eigenvalue weighted by molar-refractivity contribution is 5.79. The first kappa shape index (κ1) is 36.8. The number of hydrogen-bond acceptors (Lipinski definition) is 1. The number of nitrogens with zero attached hydrogens (tertiary/aromatic N) is 1. The maximum absolute atomic E-state index is 3.20. The highest BCUT2D eigenvalue weighted by Gasteiger charge is 2.75. The fourth-order valence-corrected chi connectivity index (χ4v) is 18.3. The van der Waals surface area contributed by atoms with Crippen LogP contribution in [0.25, 0.3) is 11.1 Å². The van der Waals surface area contributed by atoms with Crippen molar-refractivity contribution in [1.82, 2.24) is 0 Å². The Hall–Kier alpha value is -3.84. The van der Waals surface area contributed by atoms with E-state index in [2.05, 4.69) is 138 Å². The molecule has 16 unspecified atom stereocenters. The second kappa shape index (κ2) is 14.6. The van der Waals surface area contributed by atoms with Gasteiger partial charge in [0.25, 0.3) is 0 Å². The normalized spacial score (nSPS) is 43.9. The van der Waals surface area contributed by atoms with Gasteiger partial charge in [-0.3, -0.25) is 0 Å². The summed E-state index contributed by atoms with van der Waals surface area (Å²) in [6, 6.07) is 22.3. The summed E-state index contributed by atoms with van der Waals surface area (Å²) in [4.78, 5) is 3.20. The van der Waals surface area contributed by atoms with E-state index in [-0.39, 0.29) is 0 Å². The third-order valence-corrected chi connectivity index (χ3v) is 19.8. The molecule has 0 radical (unpaired) electrons. The van der Waals surface area contributed by atoms with E-state index in [4.69, 9.17) is 0 Å². The van der Waals surface area contributed by atoms with Crippen molar-refractivity contribution in [1.29, 1.82) is 0 Å². The quantitative estimate of drug-likeness (QED) is 0.273. The summed E-state index contributed by atoms with van der Waals surface area (Å²) in [5, 5.41) is 0. The molecule has 60 heavy (non-hydrogen) atoms. The lowest BCUT2D eigenvalue weighted by molar-refractivity contribution is -0.0458. The molecule has 11 aliphatic rings. The van der Waals surface area contributed by atoms with Crippen LogP contribution in [0.2, 0.25) is 0 Å². The molecule has 0 saturated heterocycles. The fourth-order valence-electron chi connectivity index (χ4n) is 18.3. The van der Waals surface area contributed by atoms with Crippen LogP contribution < -0.4 is 4.90 Å². The van der Waals surface area contributed by atoms with E-state index in [9.17, 15) is 0 Å². The average Bonchev–Trinajstić information content (AvgIpc) is 3.93. The number of rotatable bonds is 5. The Morgan fingerprint density at radius 3 is 2.40 bits per heavy atom. The van der Waals surface area contributed by atoms with Crippen LogP contribution >= 0.6 is 0 Å². The van der Waals surface area contributed by atoms with Crippen molar-refractivity contribution >= 4 is 5.69 Å². The third kappa shape index (κ3) is 5.29. The van der Waals surface area contributed by atoms with E-state index in [1.807, 2.05) is 11.1 Å². The number of hydrogen-bond donors (Lipinski definition) is 0. The largest absolute Gasteiger partial charge is 0.364 e. The second-order valence-electron chi connectivity index (χ2n) is 21.6. The first-order valence-corrected chi connectivity index (χ1v) is 25.1. The highest BCUT2D eigenvalue weighted by Crippen LogP contribution is 2.79. The minimum Gasteiger partial charge on any atom is -0.364 e. The van der Waals surface area contributed by atoms with Gasteiger partial charge in [0.2, 0.25) is 0 Å². The number of para-hydroxylation sites is 1. The number of fused-ring (bicyclic) bond motifs is 13. The van der Waals surface area contributed by atoms with Crippen LogP contribution in [0.5, 0.6) is 0 Å². The number of anilines is 1. The van der Waals surface area contributed by atoms with Gasteiger partial charge in [-0.15, -0.1) is 0 Å². The molecule has 0 aliphatic heterocycles. The van der Waals surface area contributed by atoms with Gasteiger partial charge in [-0.05, 0) is 189 Å². The number of allylic oxidation sites excluding steroid dienone is 15. The van der Waals surface area contributed by atoms with Gasteiger partial charge >= 0.3 is 0 Å². The van der Waals surface area contributed by atoms with Crippen LogP contribution in [0, 0.1) is 82.3 Å². The molecule has 11 aliphatic carbocycles. The molecule has 0 heterocycles. The predicted molar refractivity (Wildman–Crippen MR) is 249 cm³/mol. The summed E-state index contributed by atoms with van der Waals surface area (Å²) in [5.74, 6) is 9.76. The zero-order valence-corrected chi connectivity index (χ0v) is 35.9. The standard InChI is InChI=1S/C59H67N/c1-3-17-38(18-4-1)39-33-35-41(36-34-39)60(54-31-14-11-21-42(54)40-19-5-2-6-20-40)55-32-16-27-47-45-24-9-12-29-51(45)59(58(47)55)52-30-13-10-25-48(52)57-49-28-15-26-46-43-22-7-8-23-44(43)50(56(46)49)37-53(57)59/h1-3,5-6,8-12,14-15,19-21,23-25,28-29,31,33,38,41,45-53,55-58H,4,7,13,16-18,22,26-27,30,32,34-37H2. The first-order chi connectivity index (χ1) is 29.8. The zero-order chi connectivity index (χ0) is 39.4. The van der Waals surface area contributed by atoms with Gasteiger partial charge in [-0.1, -0.05) is 145 Å². The first-order valence-electron chi connectivity index (χ1n) is 25.1. The summed E-state index contributed by atoms with van der Waals surface area (Å²) >= 11 is 0. The van der Waals surface area contributed by atoms with Crippen LogP contribution in [0.1, 0.15) is 96.3 Å². The van der Waals surface area contributed by atoms with E-state index in [0.717, 1.165) is 59.2 Å². The molecule has 4 fully saturated rings. The average molecular weight is 790 g/mol. The molecule has 2 aromatic rings. The minimum atomic E-state index is 0.319. The van der Waals surface area contributed by atoms with Crippen molar-refractivity contribution in [3.63, 3.8) is 0 Å². The predicted octanol–water partition coefficient (Wildman–Crippen LogP) is 14.5. The molecule has 13 rings (SSSR count). The molecule has 1 nitrogen and oxygen atoms in total. The Labute approximate surface area is 361 Å². The summed E-state index contributed by atoms with van der Waals surface area (Å²) in [5.41, 5.74) is 10.2. The Morgan fingerprint density at radius 1 is 0.617 bits per heavy atom. The van der Waals surface area contributed by atoms with Gasteiger partial charge in [0.1, 0.15) is 0 Å². The van der Waals surface area contributed by atoms with Gasteiger partial charge in [0, 0.05) is 23.3 Å². The molecule has 16 atom stereocenters. The monoisotopic (exact) mass is 790 g/mol. The van der Waals surface area contributed by atoms with Crippen molar-refractivity contribution in [3.8, 4) is 11.1 Å². The van der Waals surface area contributed by atoms with Gasteiger partial charge in [-0.25, -0.2) is 0 Å². The van der Waals surface area contributed by atoms with Gasteiger partial charge in [0.05, 0.1) is 0 Å². The molecule has 0 bridgehead atoms. The Balaban J connectivity index is 0.991. The number of benzene rings is 2. The lowest BCUT2D eigenvalue weighted by atomic mass is 9.49. The maximum atomic E-state index is 3.20. The second-order valence-corrected chi connectivity index (χ2v) is 21.6. The minimum absolute atomic E-state index is 0.319. The van der Waals surface area contributed by atoms with Crippen LogP contribution in [-0.4, -0.2) is 12.1 Å². The molecule has 0 amide bonds. The zero-order valence-electron chi connectivity index (χ0n) is 35.9. The molecule has 2 aromatic carbocycles. The molecule has 1 heteroatoms. The van der Waals surface area contributed by atoms with Crippen LogP contribution in [0.15, 0.2) is 150 Å². The lowest BCUT2D eigenvalue weighted by Gasteiger charge is -2.58. The van der Waals surface area contributed by atoms with E-state index < -0.39 is 0 Å². The lowest BCUT2D eigenvalue weighted by Crippen LogP contribution is -2.58. The molecule has 1 spiro atoms. The Morgan fingerprint density at radius 2 is 1.50 bits per heavy atom. The third-order valence-electron chi connectivity index (χ3n) is 19.8. The van der Waals surface area contributed by atoms with Crippen molar-refractivity contribution < 1.29 is 0 Å². The molecular formula is C59H67N. The van der Waals surface area contributed by atoms with Crippen molar-refractivity contribution in [2.75, 3.05) is 4.90 Å². The summed E-state index contributed by atoms with van der Waals surface area (Å²) in [6.45, 7) is 0. The molecule has 308 valence electrons. The van der Waals surface area contributed by atoms with E-state index >= 15 is 0 Å². The molecule has 4 saturated carbocycles. The molecular weight excluding hydrogens is 723 g/mol. The van der Waals surface area contributed by atoms with Gasteiger partial charge in [-0.2, -0.15) is 0 Å². The van der Waals surface area contributed by atoms with Crippen LogP contribution in [0.4, 0.5) is 5.69 Å².